The molecule has 2 atom stereocenters. The van der Waals surface area contributed by atoms with E-state index in [0.717, 1.165) is 25.6 Å². The standard InChI is InChI=1S/C12H21N3O/c16-12-8-15-10(6-14-12)5-13-7-11(15)9-3-1-2-4-9/h9-11,13H,1-8H2,(H,14,16). The summed E-state index contributed by atoms with van der Waals surface area (Å²) >= 11 is 0. The molecule has 3 rings (SSSR count). The van der Waals surface area contributed by atoms with E-state index in [1.165, 1.54) is 25.7 Å². The molecule has 0 spiro atoms. The van der Waals surface area contributed by atoms with Crippen molar-refractivity contribution in [3.05, 3.63) is 0 Å². The third-order valence-electron chi connectivity index (χ3n) is 4.43. The Morgan fingerprint density at radius 1 is 1.12 bits per heavy atom. The Kier molecular flexibility index (Phi) is 2.86. The van der Waals surface area contributed by atoms with Crippen molar-refractivity contribution in [1.29, 1.82) is 0 Å². The average Bonchev–Trinajstić information content (AvgIpc) is 2.81. The molecule has 3 fully saturated rings. The first kappa shape index (κ1) is 10.5. The highest BCUT2D eigenvalue weighted by atomic mass is 16.2. The number of amides is 1. The van der Waals surface area contributed by atoms with Gasteiger partial charge < -0.3 is 10.6 Å². The maximum absolute atomic E-state index is 11.5. The van der Waals surface area contributed by atoms with Gasteiger partial charge in [-0.1, -0.05) is 12.8 Å². The summed E-state index contributed by atoms with van der Waals surface area (Å²) in [5.74, 6) is 1.03. The highest BCUT2D eigenvalue weighted by molar-refractivity contribution is 5.79. The SMILES string of the molecule is O=C1CN2C(CNCC2C2CCCC2)CN1. The van der Waals surface area contributed by atoms with Gasteiger partial charge in [-0.2, -0.15) is 0 Å². The van der Waals surface area contributed by atoms with E-state index < -0.39 is 0 Å². The molecular weight excluding hydrogens is 202 g/mol. The monoisotopic (exact) mass is 223 g/mol. The predicted octanol–water partition coefficient (Wildman–Crippen LogP) is -0.0512. The first-order valence-corrected chi connectivity index (χ1v) is 6.58. The molecule has 0 aromatic carbocycles. The van der Waals surface area contributed by atoms with Crippen LogP contribution in [0.15, 0.2) is 0 Å². The quantitative estimate of drug-likeness (QED) is 0.655. The summed E-state index contributed by atoms with van der Waals surface area (Å²) in [4.78, 5) is 14.0. The van der Waals surface area contributed by atoms with E-state index in [4.69, 9.17) is 0 Å². The van der Waals surface area contributed by atoms with Crippen molar-refractivity contribution in [2.24, 2.45) is 5.92 Å². The molecule has 4 nitrogen and oxygen atoms in total. The highest BCUT2D eigenvalue weighted by Crippen LogP contribution is 2.32. The average molecular weight is 223 g/mol. The smallest absolute Gasteiger partial charge is 0.234 e. The summed E-state index contributed by atoms with van der Waals surface area (Å²) in [7, 11) is 0. The van der Waals surface area contributed by atoms with Crippen LogP contribution in [0.5, 0.6) is 0 Å². The zero-order valence-electron chi connectivity index (χ0n) is 9.74. The van der Waals surface area contributed by atoms with E-state index in [2.05, 4.69) is 15.5 Å². The fourth-order valence-electron chi connectivity index (χ4n) is 3.57. The van der Waals surface area contributed by atoms with Crippen molar-refractivity contribution in [1.82, 2.24) is 15.5 Å². The van der Waals surface area contributed by atoms with Crippen molar-refractivity contribution < 1.29 is 4.79 Å². The predicted molar refractivity (Wildman–Crippen MR) is 62.1 cm³/mol. The topological polar surface area (TPSA) is 44.4 Å². The molecule has 1 aliphatic carbocycles. The molecule has 16 heavy (non-hydrogen) atoms. The van der Waals surface area contributed by atoms with Gasteiger partial charge >= 0.3 is 0 Å². The van der Waals surface area contributed by atoms with Gasteiger partial charge in [0, 0.05) is 31.7 Å². The first-order chi connectivity index (χ1) is 7.84. The molecule has 90 valence electrons. The van der Waals surface area contributed by atoms with Crippen molar-refractivity contribution in [3.8, 4) is 0 Å². The summed E-state index contributed by atoms with van der Waals surface area (Å²) in [6, 6.07) is 1.13. The lowest BCUT2D eigenvalue weighted by molar-refractivity contribution is -0.128. The number of piperazine rings is 2. The molecule has 3 aliphatic rings. The second-order valence-electron chi connectivity index (χ2n) is 5.40. The van der Waals surface area contributed by atoms with Crippen LogP contribution in [0.2, 0.25) is 0 Å². The number of nitrogens with zero attached hydrogens (tertiary/aromatic N) is 1. The molecule has 0 aromatic rings. The third kappa shape index (κ3) is 1.84. The van der Waals surface area contributed by atoms with Gasteiger partial charge in [0.1, 0.15) is 0 Å². The Morgan fingerprint density at radius 3 is 2.75 bits per heavy atom. The van der Waals surface area contributed by atoms with Crippen LogP contribution in [-0.4, -0.2) is 49.1 Å². The maximum Gasteiger partial charge on any atom is 0.234 e. The molecule has 4 heteroatoms. The van der Waals surface area contributed by atoms with Crippen LogP contribution in [0, 0.1) is 5.92 Å². The number of fused-ring (bicyclic) bond motifs is 1. The summed E-state index contributed by atoms with van der Waals surface area (Å²) in [5.41, 5.74) is 0. The van der Waals surface area contributed by atoms with Gasteiger partial charge in [-0.05, 0) is 18.8 Å². The van der Waals surface area contributed by atoms with Crippen molar-refractivity contribution in [2.75, 3.05) is 26.2 Å². The van der Waals surface area contributed by atoms with Gasteiger partial charge in [0.25, 0.3) is 0 Å². The summed E-state index contributed by atoms with van der Waals surface area (Å²) in [5, 5.41) is 6.50. The second-order valence-corrected chi connectivity index (χ2v) is 5.40. The molecule has 2 unspecified atom stereocenters. The molecule has 2 aliphatic heterocycles. The van der Waals surface area contributed by atoms with Gasteiger partial charge in [-0.15, -0.1) is 0 Å². The normalized spacial score (nSPS) is 37.1. The van der Waals surface area contributed by atoms with E-state index in [1.807, 2.05) is 0 Å². The van der Waals surface area contributed by atoms with Gasteiger partial charge in [-0.25, -0.2) is 0 Å². The van der Waals surface area contributed by atoms with E-state index in [1.54, 1.807) is 0 Å². The van der Waals surface area contributed by atoms with Gasteiger partial charge in [0.15, 0.2) is 0 Å². The lowest BCUT2D eigenvalue weighted by atomic mass is 9.92. The molecule has 2 heterocycles. The van der Waals surface area contributed by atoms with Crippen molar-refractivity contribution in [2.45, 2.75) is 37.8 Å². The zero-order chi connectivity index (χ0) is 11.0. The summed E-state index contributed by atoms with van der Waals surface area (Å²) < 4.78 is 0. The molecule has 0 bridgehead atoms. The summed E-state index contributed by atoms with van der Waals surface area (Å²) in [6.45, 7) is 3.56. The molecule has 0 aromatic heterocycles. The second kappa shape index (κ2) is 4.34. The van der Waals surface area contributed by atoms with E-state index in [-0.39, 0.29) is 5.91 Å². The minimum absolute atomic E-state index is 0.209. The lowest BCUT2D eigenvalue weighted by Gasteiger charge is -2.47. The Bertz CT molecular complexity index is 275. The number of carbonyl (C=O) groups is 1. The largest absolute Gasteiger partial charge is 0.353 e. The van der Waals surface area contributed by atoms with Crippen molar-refractivity contribution in [3.63, 3.8) is 0 Å². The minimum Gasteiger partial charge on any atom is -0.353 e. The number of nitrogens with one attached hydrogen (secondary N) is 2. The van der Waals surface area contributed by atoms with Crippen LogP contribution in [0.1, 0.15) is 25.7 Å². The summed E-state index contributed by atoms with van der Waals surface area (Å²) in [6.07, 6.45) is 5.48. The van der Waals surface area contributed by atoms with Crippen molar-refractivity contribution >= 4 is 5.91 Å². The van der Waals surface area contributed by atoms with Crippen LogP contribution >= 0.6 is 0 Å². The van der Waals surface area contributed by atoms with E-state index in [0.29, 0.717) is 18.6 Å². The number of rotatable bonds is 1. The lowest BCUT2D eigenvalue weighted by Crippen LogP contribution is -2.67. The minimum atomic E-state index is 0.209. The number of carbonyl (C=O) groups excluding carboxylic acids is 1. The van der Waals surface area contributed by atoms with Crippen LogP contribution in [0.3, 0.4) is 0 Å². The Labute approximate surface area is 96.8 Å². The Morgan fingerprint density at radius 2 is 1.94 bits per heavy atom. The Balaban J connectivity index is 1.73. The van der Waals surface area contributed by atoms with E-state index >= 15 is 0 Å². The fourth-order valence-corrected chi connectivity index (χ4v) is 3.57. The van der Waals surface area contributed by atoms with E-state index in [9.17, 15) is 4.79 Å². The zero-order valence-corrected chi connectivity index (χ0v) is 9.74. The van der Waals surface area contributed by atoms with Crippen LogP contribution in [0.25, 0.3) is 0 Å². The maximum atomic E-state index is 11.5. The molecule has 2 N–H and O–H groups in total. The molecule has 2 saturated heterocycles. The number of hydrogen-bond acceptors (Lipinski definition) is 3. The molecule has 0 radical (unpaired) electrons. The molecular formula is C12H21N3O. The molecule has 1 amide bonds. The Hall–Kier alpha value is -0.610. The molecule has 1 saturated carbocycles. The number of hydrogen-bond donors (Lipinski definition) is 2. The van der Waals surface area contributed by atoms with Crippen LogP contribution in [-0.2, 0) is 4.79 Å². The van der Waals surface area contributed by atoms with Gasteiger partial charge in [-0.3, -0.25) is 9.69 Å². The van der Waals surface area contributed by atoms with Gasteiger partial charge in [0.2, 0.25) is 5.91 Å². The van der Waals surface area contributed by atoms with Crippen LogP contribution < -0.4 is 10.6 Å². The fraction of sp³-hybridized carbons (Fsp3) is 0.917. The third-order valence-corrected chi connectivity index (χ3v) is 4.43. The first-order valence-electron chi connectivity index (χ1n) is 6.58. The van der Waals surface area contributed by atoms with Gasteiger partial charge in [0.05, 0.1) is 6.54 Å². The van der Waals surface area contributed by atoms with Crippen LogP contribution in [0.4, 0.5) is 0 Å². The highest BCUT2D eigenvalue weighted by Gasteiger charge is 2.39.